The van der Waals surface area contributed by atoms with Gasteiger partial charge in [-0.15, -0.1) is 0 Å². The molecule has 0 heterocycles. The van der Waals surface area contributed by atoms with Crippen LogP contribution in [0.1, 0.15) is 26.7 Å². The molecule has 1 unspecified atom stereocenters. The van der Waals surface area contributed by atoms with Crippen LogP contribution in [0.3, 0.4) is 0 Å². The molecule has 0 aromatic rings. The van der Waals surface area contributed by atoms with E-state index in [2.05, 4.69) is 4.40 Å². The Morgan fingerprint density at radius 3 is 2.50 bits per heavy atom. The fourth-order valence-corrected chi connectivity index (χ4v) is 2.28. The van der Waals surface area contributed by atoms with Gasteiger partial charge >= 0.3 is 15.5 Å². The van der Waals surface area contributed by atoms with Gasteiger partial charge in [0.05, 0.1) is 11.3 Å². The molecule has 0 aromatic heterocycles. The quantitative estimate of drug-likeness (QED) is 0.782. The van der Waals surface area contributed by atoms with E-state index in [-0.39, 0.29) is 18.4 Å². The van der Waals surface area contributed by atoms with Gasteiger partial charge < -0.3 is 10.2 Å². The molecule has 0 saturated carbocycles. The molecule has 1 atom stereocenters. The Kier molecular flexibility index (Phi) is 4.35. The van der Waals surface area contributed by atoms with E-state index < -0.39 is 32.6 Å². The number of allylic oxidation sites excluding steroid dienone is 1. The Balaban J connectivity index is 3.32. The molecular formula is C11H14F3NO4S. The van der Waals surface area contributed by atoms with Crippen molar-refractivity contribution in [1.82, 2.24) is 0 Å². The monoisotopic (exact) mass is 313 g/mol. The number of sulfonamides is 1. The van der Waals surface area contributed by atoms with Crippen molar-refractivity contribution in [2.45, 2.75) is 37.8 Å². The van der Waals surface area contributed by atoms with E-state index in [1.165, 1.54) is 19.9 Å². The van der Waals surface area contributed by atoms with Crippen molar-refractivity contribution < 1.29 is 31.8 Å². The van der Waals surface area contributed by atoms with Crippen LogP contribution in [0.15, 0.2) is 27.9 Å². The molecule has 0 radical (unpaired) electrons. The summed E-state index contributed by atoms with van der Waals surface area (Å²) in [6.07, 6.45) is 2.00. The van der Waals surface area contributed by atoms with Gasteiger partial charge in [-0.05, 0) is 25.5 Å². The summed E-state index contributed by atoms with van der Waals surface area (Å²) in [5.41, 5.74) is -7.44. The molecule has 1 aliphatic rings. The smallest absolute Gasteiger partial charge is 0.508 e. The van der Waals surface area contributed by atoms with Crippen LogP contribution >= 0.6 is 0 Å². The fraction of sp³-hybridized carbons (Fsp3) is 0.545. The number of nitrogens with zero attached hydrogens (tertiary/aromatic N) is 1. The zero-order valence-corrected chi connectivity index (χ0v) is 11.6. The highest BCUT2D eigenvalue weighted by Crippen LogP contribution is 2.30. The van der Waals surface area contributed by atoms with E-state index in [4.69, 9.17) is 0 Å². The number of alkyl halides is 3. The second-order valence-corrected chi connectivity index (χ2v) is 6.14. The number of aliphatic hydroxyl groups excluding tert-OH is 1. The minimum Gasteiger partial charge on any atom is -0.508 e. The van der Waals surface area contributed by atoms with Crippen LogP contribution < -0.4 is 0 Å². The van der Waals surface area contributed by atoms with Gasteiger partial charge in [0, 0.05) is 12.0 Å². The molecule has 0 aliphatic heterocycles. The minimum absolute atomic E-state index is 0.118. The van der Waals surface area contributed by atoms with Gasteiger partial charge in [0.25, 0.3) is 0 Å². The van der Waals surface area contributed by atoms with Crippen LogP contribution in [0.2, 0.25) is 0 Å². The first-order chi connectivity index (χ1) is 8.89. The zero-order valence-electron chi connectivity index (χ0n) is 10.8. The van der Waals surface area contributed by atoms with E-state index in [0.29, 0.717) is 0 Å². The third-order valence-electron chi connectivity index (χ3n) is 2.65. The highest BCUT2D eigenvalue weighted by atomic mass is 32.2. The molecule has 0 bridgehead atoms. The lowest BCUT2D eigenvalue weighted by atomic mass is 9.87. The number of halogens is 3. The van der Waals surface area contributed by atoms with Crippen molar-refractivity contribution in [2.75, 3.05) is 0 Å². The van der Waals surface area contributed by atoms with E-state index in [0.717, 1.165) is 6.08 Å². The SMILES string of the molecule is CCC(=NS(=O)(=O)C(F)(F)F)C1=C(O)C=CC(C)(O)C1. The molecule has 0 spiro atoms. The van der Waals surface area contributed by atoms with Gasteiger partial charge in [-0.2, -0.15) is 26.0 Å². The fourth-order valence-electron chi connectivity index (χ4n) is 1.65. The Hall–Kier alpha value is -1.35. The maximum absolute atomic E-state index is 12.3. The van der Waals surface area contributed by atoms with Gasteiger partial charge in [-0.25, -0.2) is 0 Å². The molecule has 1 aliphatic carbocycles. The minimum atomic E-state index is -5.68. The summed E-state index contributed by atoms with van der Waals surface area (Å²) < 4.78 is 61.7. The van der Waals surface area contributed by atoms with Crippen molar-refractivity contribution in [2.24, 2.45) is 4.40 Å². The number of aliphatic hydroxyl groups is 2. The molecule has 1 rings (SSSR count). The summed E-state index contributed by atoms with van der Waals surface area (Å²) in [5, 5.41) is 19.4. The summed E-state index contributed by atoms with van der Waals surface area (Å²) in [6.45, 7) is 2.78. The van der Waals surface area contributed by atoms with Crippen molar-refractivity contribution in [3.05, 3.63) is 23.5 Å². The summed E-state index contributed by atoms with van der Waals surface area (Å²) in [6, 6.07) is 0. The van der Waals surface area contributed by atoms with Gasteiger partial charge in [0.1, 0.15) is 5.76 Å². The number of hydrogen-bond acceptors (Lipinski definition) is 4. The van der Waals surface area contributed by atoms with Gasteiger partial charge in [0.2, 0.25) is 0 Å². The van der Waals surface area contributed by atoms with Gasteiger partial charge in [0.15, 0.2) is 0 Å². The molecule has 0 amide bonds. The molecule has 20 heavy (non-hydrogen) atoms. The Bertz CT molecular complexity index is 585. The number of hydrogen-bond donors (Lipinski definition) is 2. The first-order valence-corrected chi connectivity index (χ1v) is 7.08. The summed E-state index contributed by atoms with van der Waals surface area (Å²) in [4.78, 5) is 0. The second kappa shape index (κ2) is 5.21. The van der Waals surface area contributed by atoms with Crippen LogP contribution in [0.25, 0.3) is 0 Å². The third-order valence-corrected chi connectivity index (χ3v) is 3.70. The van der Waals surface area contributed by atoms with Crippen LogP contribution in [0.4, 0.5) is 13.2 Å². The van der Waals surface area contributed by atoms with E-state index >= 15 is 0 Å². The lowest BCUT2D eigenvalue weighted by Gasteiger charge is -2.25. The standard InChI is InChI=1S/C11H14F3NO4S/c1-3-8(15-20(18,19)11(12,13)14)7-6-10(2,17)5-4-9(7)16/h4-5,16-17H,3,6H2,1-2H3. The van der Waals surface area contributed by atoms with Crippen molar-refractivity contribution in [1.29, 1.82) is 0 Å². The Labute approximate surface area is 114 Å². The first-order valence-electron chi connectivity index (χ1n) is 5.64. The first kappa shape index (κ1) is 16.7. The largest absolute Gasteiger partial charge is 0.518 e. The molecule has 114 valence electrons. The van der Waals surface area contributed by atoms with E-state index in [1.807, 2.05) is 0 Å². The normalized spacial score (nSPS) is 25.2. The average molecular weight is 313 g/mol. The van der Waals surface area contributed by atoms with Crippen molar-refractivity contribution in [3.63, 3.8) is 0 Å². The lowest BCUT2D eigenvalue weighted by molar-refractivity contribution is -0.0435. The summed E-state index contributed by atoms with van der Waals surface area (Å²) in [5.74, 6) is -0.408. The van der Waals surface area contributed by atoms with Crippen LogP contribution in [-0.2, 0) is 10.0 Å². The maximum Gasteiger partial charge on any atom is 0.518 e. The van der Waals surface area contributed by atoms with E-state index in [9.17, 15) is 31.8 Å². The second-order valence-electron chi connectivity index (χ2n) is 4.54. The third kappa shape index (κ3) is 3.60. The lowest BCUT2D eigenvalue weighted by Crippen LogP contribution is -2.28. The average Bonchev–Trinajstić information content (AvgIpc) is 2.28. The Morgan fingerprint density at radius 1 is 1.50 bits per heavy atom. The predicted octanol–water partition coefficient (Wildman–Crippen LogP) is 2.21. The summed E-state index contributed by atoms with van der Waals surface area (Å²) in [7, 11) is -5.68. The van der Waals surface area contributed by atoms with Crippen molar-refractivity contribution >= 4 is 15.7 Å². The molecule has 2 N–H and O–H groups in total. The molecular weight excluding hydrogens is 299 g/mol. The molecule has 0 saturated heterocycles. The molecule has 9 heteroatoms. The highest BCUT2D eigenvalue weighted by molar-refractivity contribution is 7.91. The highest BCUT2D eigenvalue weighted by Gasteiger charge is 2.46. The zero-order chi connectivity index (χ0) is 15.8. The van der Waals surface area contributed by atoms with Gasteiger partial charge in [-0.3, -0.25) is 0 Å². The maximum atomic E-state index is 12.3. The number of rotatable bonds is 3. The summed E-state index contributed by atoms with van der Waals surface area (Å²) >= 11 is 0. The molecule has 0 aromatic carbocycles. The predicted molar refractivity (Wildman–Crippen MR) is 66.7 cm³/mol. The van der Waals surface area contributed by atoms with Crippen LogP contribution in [0, 0.1) is 0 Å². The topological polar surface area (TPSA) is 87.0 Å². The van der Waals surface area contributed by atoms with Crippen LogP contribution in [0.5, 0.6) is 0 Å². The molecule has 5 nitrogen and oxygen atoms in total. The van der Waals surface area contributed by atoms with Crippen molar-refractivity contribution in [3.8, 4) is 0 Å². The van der Waals surface area contributed by atoms with Crippen LogP contribution in [-0.4, -0.2) is 35.5 Å². The molecule has 0 fully saturated rings. The van der Waals surface area contributed by atoms with Gasteiger partial charge in [-0.1, -0.05) is 6.92 Å². The Morgan fingerprint density at radius 2 is 2.05 bits per heavy atom. The van der Waals surface area contributed by atoms with E-state index in [1.54, 1.807) is 0 Å².